The van der Waals surface area contributed by atoms with Gasteiger partial charge in [-0.1, -0.05) is 50.5 Å². The molecule has 0 fully saturated rings. The summed E-state index contributed by atoms with van der Waals surface area (Å²) < 4.78 is 5.81. The van der Waals surface area contributed by atoms with Crippen molar-refractivity contribution in [3.8, 4) is 5.75 Å². The van der Waals surface area contributed by atoms with Crippen LogP contribution in [-0.2, 0) is 11.2 Å². The molecule has 0 aliphatic carbocycles. The van der Waals surface area contributed by atoms with E-state index in [1.807, 2.05) is 30.3 Å². The molecule has 2 aromatic carbocycles. The summed E-state index contributed by atoms with van der Waals surface area (Å²) in [7, 11) is 0. The first-order valence-corrected chi connectivity index (χ1v) is 10.1. The Bertz CT molecular complexity index is 745. The van der Waals surface area contributed by atoms with Crippen LogP contribution in [0.5, 0.6) is 5.75 Å². The second kappa shape index (κ2) is 10.0. The third-order valence-corrected chi connectivity index (χ3v) is 4.93. The van der Waals surface area contributed by atoms with Crippen LogP contribution in [0.1, 0.15) is 44.6 Å². The van der Waals surface area contributed by atoms with Gasteiger partial charge >= 0.3 is 0 Å². The number of hydrogen-bond acceptors (Lipinski definition) is 3. The normalized spacial score (nSPS) is 13.1. The lowest BCUT2D eigenvalue weighted by Gasteiger charge is -2.30. The van der Waals surface area contributed by atoms with Crippen LogP contribution in [0.4, 0.5) is 11.4 Å². The van der Waals surface area contributed by atoms with Crippen molar-refractivity contribution in [3.63, 3.8) is 0 Å². The molecule has 144 valence electrons. The molecule has 0 spiro atoms. The van der Waals surface area contributed by atoms with Gasteiger partial charge in [0, 0.05) is 24.0 Å². The molecule has 1 heterocycles. The Morgan fingerprint density at radius 1 is 1.11 bits per heavy atom. The van der Waals surface area contributed by atoms with Crippen molar-refractivity contribution in [1.29, 1.82) is 0 Å². The van der Waals surface area contributed by atoms with Crippen LogP contribution in [0.3, 0.4) is 0 Å². The van der Waals surface area contributed by atoms with E-state index >= 15 is 0 Å². The predicted octanol–water partition coefficient (Wildman–Crippen LogP) is 5.04. The van der Waals surface area contributed by atoms with Crippen molar-refractivity contribution < 1.29 is 9.53 Å². The number of aryl methyl sites for hydroxylation is 1. The van der Waals surface area contributed by atoms with Gasteiger partial charge in [-0.3, -0.25) is 4.79 Å². The van der Waals surface area contributed by atoms with Crippen molar-refractivity contribution in [3.05, 3.63) is 54.1 Å². The second-order valence-corrected chi connectivity index (χ2v) is 7.14. The van der Waals surface area contributed by atoms with Crippen molar-refractivity contribution in [2.45, 2.75) is 45.4 Å². The maximum atomic E-state index is 12.5. The van der Waals surface area contributed by atoms with Crippen molar-refractivity contribution in [2.24, 2.45) is 0 Å². The minimum atomic E-state index is 0.00630. The second-order valence-electron chi connectivity index (χ2n) is 7.14. The Balaban J connectivity index is 1.52. The number of anilines is 2. The number of carbonyl (C=O) groups excluding carboxylic acids is 1. The fourth-order valence-corrected chi connectivity index (χ4v) is 3.53. The maximum absolute atomic E-state index is 12.5. The van der Waals surface area contributed by atoms with Crippen molar-refractivity contribution >= 4 is 17.3 Å². The molecule has 27 heavy (non-hydrogen) atoms. The van der Waals surface area contributed by atoms with E-state index in [1.54, 1.807) is 0 Å². The summed E-state index contributed by atoms with van der Waals surface area (Å²) in [6, 6.07) is 16.0. The Labute approximate surface area is 162 Å². The fraction of sp³-hybridized carbons (Fsp3) is 0.435. The van der Waals surface area contributed by atoms with Crippen LogP contribution < -0.4 is 15.0 Å². The Morgan fingerprint density at radius 2 is 2.00 bits per heavy atom. The molecule has 0 saturated heterocycles. The molecule has 1 amide bonds. The number of nitrogens with one attached hydrogen (secondary N) is 1. The van der Waals surface area contributed by atoms with E-state index < -0.39 is 0 Å². The highest BCUT2D eigenvalue weighted by Gasteiger charge is 2.18. The minimum absolute atomic E-state index is 0.00630. The highest BCUT2D eigenvalue weighted by Crippen LogP contribution is 2.26. The van der Waals surface area contributed by atoms with Gasteiger partial charge in [-0.15, -0.1) is 0 Å². The fourth-order valence-electron chi connectivity index (χ4n) is 3.53. The topological polar surface area (TPSA) is 41.6 Å². The largest absolute Gasteiger partial charge is 0.494 e. The highest BCUT2D eigenvalue weighted by atomic mass is 16.5. The SMILES string of the molecule is CCCCCCOc1cccc(NC(=O)CN2CCCc3ccccc32)c1. The zero-order valence-electron chi connectivity index (χ0n) is 16.2. The summed E-state index contributed by atoms with van der Waals surface area (Å²) in [4.78, 5) is 14.7. The highest BCUT2D eigenvalue weighted by molar-refractivity contribution is 5.94. The number of carbonyl (C=O) groups is 1. The number of rotatable bonds is 9. The molecule has 0 radical (unpaired) electrons. The third kappa shape index (κ3) is 5.75. The van der Waals surface area contributed by atoms with Gasteiger partial charge in [-0.05, 0) is 43.0 Å². The number of para-hydroxylation sites is 1. The molecule has 4 nitrogen and oxygen atoms in total. The lowest BCUT2D eigenvalue weighted by Crippen LogP contribution is -2.36. The van der Waals surface area contributed by atoms with Crippen LogP contribution in [0.15, 0.2) is 48.5 Å². The number of benzene rings is 2. The van der Waals surface area contributed by atoms with Gasteiger partial charge in [0.05, 0.1) is 13.2 Å². The van der Waals surface area contributed by atoms with Gasteiger partial charge < -0.3 is 15.0 Å². The predicted molar refractivity (Wildman–Crippen MR) is 112 cm³/mol. The number of hydrogen-bond donors (Lipinski definition) is 1. The van der Waals surface area contributed by atoms with Gasteiger partial charge in [0.1, 0.15) is 5.75 Å². The molecule has 1 aliphatic heterocycles. The Hall–Kier alpha value is -2.49. The zero-order valence-corrected chi connectivity index (χ0v) is 16.2. The first-order chi connectivity index (χ1) is 13.3. The van der Waals surface area contributed by atoms with Crippen molar-refractivity contribution in [1.82, 2.24) is 0 Å². The average Bonchev–Trinajstić information content (AvgIpc) is 2.68. The summed E-state index contributed by atoms with van der Waals surface area (Å²) >= 11 is 0. The third-order valence-electron chi connectivity index (χ3n) is 4.93. The molecule has 0 saturated carbocycles. The molecule has 2 aromatic rings. The lowest BCUT2D eigenvalue weighted by molar-refractivity contribution is -0.115. The number of ether oxygens (including phenoxy) is 1. The van der Waals surface area contributed by atoms with E-state index in [1.165, 1.54) is 30.5 Å². The van der Waals surface area contributed by atoms with Crippen LogP contribution in [-0.4, -0.2) is 25.6 Å². The minimum Gasteiger partial charge on any atom is -0.494 e. The molecule has 4 heteroatoms. The molecule has 0 unspecified atom stereocenters. The average molecular weight is 367 g/mol. The van der Waals surface area contributed by atoms with Gasteiger partial charge in [0.15, 0.2) is 0 Å². The van der Waals surface area contributed by atoms with Gasteiger partial charge in [0.2, 0.25) is 5.91 Å². The number of unbranched alkanes of at least 4 members (excludes halogenated alkanes) is 3. The molecule has 0 atom stereocenters. The summed E-state index contributed by atoms with van der Waals surface area (Å²) in [5, 5.41) is 3.01. The first kappa shape index (κ1) is 19.3. The monoisotopic (exact) mass is 366 g/mol. The molecule has 0 bridgehead atoms. The molecule has 1 N–H and O–H groups in total. The lowest BCUT2D eigenvalue weighted by atomic mass is 10.0. The summed E-state index contributed by atoms with van der Waals surface area (Å²) in [6.07, 6.45) is 6.92. The van der Waals surface area contributed by atoms with E-state index in [2.05, 4.69) is 35.3 Å². The maximum Gasteiger partial charge on any atom is 0.243 e. The zero-order chi connectivity index (χ0) is 18.9. The Morgan fingerprint density at radius 3 is 2.89 bits per heavy atom. The van der Waals surface area contributed by atoms with Crippen LogP contribution >= 0.6 is 0 Å². The van der Waals surface area contributed by atoms with Crippen LogP contribution in [0, 0.1) is 0 Å². The smallest absolute Gasteiger partial charge is 0.243 e. The summed E-state index contributed by atoms with van der Waals surface area (Å²) in [5.74, 6) is 0.819. The quantitative estimate of drug-likeness (QED) is 0.632. The van der Waals surface area contributed by atoms with Crippen molar-refractivity contribution in [2.75, 3.05) is 29.9 Å². The van der Waals surface area contributed by atoms with Gasteiger partial charge in [-0.2, -0.15) is 0 Å². The van der Waals surface area contributed by atoms with Gasteiger partial charge in [-0.25, -0.2) is 0 Å². The first-order valence-electron chi connectivity index (χ1n) is 10.1. The van der Waals surface area contributed by atoms with E-state index in [4.69, 9.17) is 4.74 Å². The van der Waals surface area contributed by atoms with E-state index in [0.717, 1.165) is 43.9 Å². The van der Waals surface area contributed by atoms with Crippen LogP contribution in [0.2, 0.25) is 0 Å². The summed E-state index contributed by atoms with van der Waals surface area (Å²) in [5.41, 5.74) is 3.30. The molecular weight excluding hydrogens is 336 g/mol. The number of amides is 1. The molecule has 1 aliphatic rings. The van der Waals surface area contributed by atoms with E-state index in [-0.39, 0.29) is 5.91 Å². The summed E-state index contributed by atoms with van der Waals surface area (Å²) in [6.45, 7) is 4.22. The van der Waals surface area contributed by atoms with E-state index in [0.29, 0.717) is 6.54 Å². The van der Waals surface area contributed by atoms with Gasteiger partial charge in [0.25, 0.3) is 0 Å². The number of fused-ring (bicyclic) bond motifs is 1. The molecular formula is C23H30N2O2. The Kier molecular flexibility index (Phi) is 7.14. The van der Waals surface area contributed by atoms with E-state index in [9.17, 15) is 4.79 Å². The molecule has 0 aromatic heterocycles. The standard InChI is InChI=1S/C23H30N2O2/c1-2-3-4-7-16-27-21-13-8-12-20(17-21)24-23(26)18-25-15-9-11-19-10-5-6-14-22(19)25/h5-6,8,10,12-14,17H,2-4,7,9,11,15-16,18H2,1H3,(H,24,26). The van der Waals surface area contributed by atoms with Crippen LogP contribution in [0.25, 0.3) is 0 Å². The number of nitrogens with zero attached hydrogens (tertiary/aromatic N) is 1. The molecule has 3 rings (SSSR count).